The summed E-state index contributed by atoms with van der Waals surface area (Å²) in [4.78, 5) is 0. The second kappa shape index (κ2) is 72.6. The van der Waals surface area contributed by atoms with Gasteiger partial charge in [0.2, 0.25) is 0 Å². The molecule has 0 heterocycles. The molecule has 0 fully saturated rings. The summed E-state index contributed by atoms with van der Waals surface area (Å²) in [5.41, 5.74) is 48.9. The molecule has 0 radical (unpaired) electrons. The van der Waals surface area contributed by atoms with Crippen LogP contribution in [0.4, 0.5) is 0 Å². The molecule has 458 valence electrons. The molecule has 0 saturated carbocycles. The van der Waals surface area contributed by atoms with Gasteiger partial charge in [0.15, 0.2) is 0 Å². The lowest BCUT2D eigenvalue weighted by Gasteiger charge is -2.10. The van der Waals surface area contributed by atoms with Gasteiger partial charge in [-0.1, -0.05) is 288 Å². The highest BCUT2D eigenvalue weighted by Crippen LogP contribution is 2.44. The van der Waals surface area contributed by atoms with E-state index in [1.165, 1.54) is 69.4 Å². The third-order valence-electron chi connectivity index (χ3n) is 9.68. The van der Waals surface area contributed by atoms with Crippen LogP contribution in [0.25, 0.3) is 21.9 Å². The zero-order valence-corrected chi connectivity index (χ0v) is 53.9. The summed E-state index contributed by atoms with van der Waals surface area (Å²) < 4.78 is 9.81. The van der Waals surface area contributed by atoms with E-state index in [4.69, 9.17) is 39.1 Å². The summed E-state index contributed by atoms with van der Waals surface area (Å²) in [5.74, 6) is 0. The molecule has 10 nitrogen and oxygen atoms in total. The van der Waals surface area contributed by atoms with Crippen molar-refractivity contribution in [2.75, 3.05) is 74.7 Å². The van der Waals surface area contributed by atoms with Crippen LogP contribution in [-0.4, -0.2) is 74.7 Å². The number of benzene rings is 8. The molecular formula is C72H118N8O2. The molecule has 82 heavy (non-hydrogen) atoms. The van der Waals surface area contributed by atoms with Gasteiger partial charge < -0.3 is 55.3 Å². The van der Waals surface area contributed by atoms with Crippen molar-refractivity contribution in [3.8, 4) is 11.1 Å². The highest BCUT2D eigenvalue weighted by Gasteiger charge is 2.27. The van der Waals surface area contributed by atoms with Crippen LogP contribution in [0.15, 0.2) is 218 Å². The van der Waals surface area contributed by atoms with Gasteiger partial charge in [-0.2, -0.15) is 0 Å². The van der Waals surface area contributed by atoms with Gasteiger partial charge in [0.25, 0.3) is 0 Å². The van der Waals surface area contributed by atoms with Gasteiger partial charge >= 0.3 is 0 Å². The number of rotatable bonds is 5. The van der Waals surface area contributed by atoms with Crippen LogP contribution in [0.1, 0.15) is 109 Å². The largest absolute Gasteiger partial charge is 0.388 e. The Morgan fingerprint density at radius 1 is 0.268 bits per heavy atom. The minimum atomic E-state index is 0.109. The van der Waals surface area contributed by atoms with Crippen LogP contribution in [-0.2, 0) is 35.2 Å². The van der Waals surface area contributed by atoms with Gasteiger partial charge in [-0.05, 0) is 134 Å². The fourth-order valence-electron chi connectivity index (χ4n) is 6.35. The predicted octanol–water partition coefficient (Wildman–Crippen LogP) is 14.4. The number of ether oxygens (including phenoxy) is 2. The van der Waals surface area contributed by atoms with Gasteiger partial charge in [-0.3, -0.25) is 0 Å². The lowest BCUT2D eigenvalue weighted by molar-refractivity contribution is 0.140. The zero-order chi connectivity index (χ0) is 63.3. The normalized spacial score (nSPS) is 8.96. The number of hydrogen-bond donors (Lipinski definition) is 8. The molecule has 1 aliphatic rings. The topological polar surface area (TPSA) is 227 Å². The molecule has 8 aromatic rings. The monoisotopic (exact) mass is 1130 g/mol. The molecule has 0 amide bonds. The molecule has 0 spiro atoms. The summed E-state index contributed by atoms with van der Waals surface area (Å²) in [7, 11) is 8.02. The third kappa shape index (κ3) is 50.6. The van der Waals surface area contributed by atoms with Crippen LogP contribution in [0, 0.1) is 0 Å². The second-order valence-corrected chi connectivity index (χ2v) is 16.4. The van der Waals surface area contributed by atoms with E-state index in [0.29, 0.717) is 0 Å². The Kier molecular flexibility index (Phi) is 76.9. The maximum Gasteiger partial charge on any atom is 0.108 e. The Bertz CT molecular complexity index is 2090. The van der Waals surface area contributed by atoms with Crippen molar-refractivity contribution < 1.29 is 9.47 Å². The number of fused-ring (bicyclic) bond motifs is 4. The molecule has 0 atom stereocenters. The van der Waals surface area contributed by atoms with E-state index in [9.17, 15) is 0 Å². The first-order chi connectivity index (χ1) is 40.0. The van der Waals surface area contributed by atoms with E-state index in [2.05, 4.69) is 238 Å². The SMILES string of the molecule is CCN.CCN.CCN.CCN.CCN.CCN.CCc1ccccc1.CCc1ccccc1.CCc1ccccc1.CCc1ccccc1.CN.CN.COC.COC1c2ccccc2-c2ccccc21.c1ccc2ccccc2c1. The third-order valence-corrected chi connectivity index (χ3v) is 9.68. The standard InChI is InChI=1S/C14H12O.C10H8.4C8H10.6C2H7N.C2H6O.2CH5N/c1-15-14-12-8-4-2-6-10(12)11-7-3-5-9-13(11)14;1-2-6-10-8-4-3-7-9(10)5-1;4*1-2-8-6-4-3-5-7-8;6*1-2-3;1-3-2;2*1-2/h2-9,14H,1H3;1-8H;4*3-7H,2H2,1H3;6*2-3H2,1H3;1-2H3;2*2H2,1H3. The Morgan fingerprint density at radius 3 is 0.585 bits per heavy atom. The molecule has 10 heteroatoms. The van der Waals surface area contributed by atoms with E-state index < -0.39 is 0 Å². The molecule has 16 N–H and O–H groups in total. The van der Waals surface area contributed by atoms with E-state index in [1.54, 1.807) is 21.3 Å². The van der Waals surface area contributed by atoms with E-state index >= 15 is 0 Å². The summed E-state index contributed by atoms with van der Waals surface area (Å²) in [6.07, 6.45) is 4.67. The number of methoxy groups -OCH3 is 2. The van der Waals surface area contributed by atoms with Crippen LogP contribution in [0.2, 0.25) is 0 Å². The Hall–Kier alpha value is -6.38. The molecule has 8 aromatic carbocycles. The summed E-state index contributed by atoms with van der Waals surface area (Å²) in [6, 6.07) is 75.4. The highest BCUT2D eigenvalue weighted by molar-refractivity contribution is 5.82. The van der Waals surface area contributed by atoms with Crippen LogP contribution >= 0.6 is 0 Å². The Morgan fingerprint density at radius 2 is 0.427 bits per heavy atom. The molecule has 0 unspecified atom stereocenters. The molecule has 0 aromatic heterocycles. The molecular weight excluding hydrogens is 1010 g/mol. The first-order valence-electron chi connectivity index (χ1n) is 29.1. The Labute approximate surface area is 502 Å². The van der Waals surface area contributed by atoms with E-state index in [-0.39, 0.29) is 6.10 Å². The fraction of sp³-hybridized carbons (Fsp3) is 0.361. The van der Waals surface area contributed by atoms with Crippen molar-refractivity contribution in [1.82, 2.24) is 0 Å². The van der Waals surface area contributed by atoms with Crippen molar-refractivity contribution in [2.24, 2.45) is 45.9 Å². The first-order valence-corrected chi connectivity index (χ1v) is 29.1. The lowest BCUT2D eigenvalue weighted by atomic mass is 10.1. The molecule has 9 rings (SSSR count). The minimum Gasteiger partial charge on any atom is -0.388 e. The van der Waals surface area contributed by atoms with Gasteiger partial charge in [-0.25, -0.2) is 0 Å². The van der Waals surface area contributed by atoms with Gasteiger partial charge in [0, 0.05) is 21.3 Å². The van der Waals surface area contributed by atoms with Gasteiger partial charge in [-0.15, -0.1) is 0 Å². The van der Waals surface area contributed by atoms with Crippen LogP contribution < -0.4 is 45.9 Å². The lowest BCUT2D eigenvalue weighted by Crippen LogP contribution is -1.97. The average molecular weight is 1130 g/mol. The zero-order valence-electron chi connectivity index (χ0n) is 53.9. The van der Waals surface area contributed by atoms with Gasteiger partial charge in [0.05, 0.1) is 0 Å². The average Bonchev–Trinajstić information content (AvgIpc) is 3.90. The van der Waals surface area contributed by atoms with Crippen molar-refractivity contribution in [3.05, 3.63) is 252 Å². The maximum atomic E-state index is 5.56. The highest BCUT2D eigenvalue weighted by atomic mass is 16.5. The van der Waals surface area contributed by atoms with Crippen molar-refractivity contribution in [3.63, 3.8) is 0 Å². The molecule has 1 aliphatic carbocycles. The van der Waals surface area contributed by atoms with Crippen molar-refractivity contribution in [2.45, 2.75) is 101 Å². The molecule has 0 aliphatic heterocycles. The summed E-state index contributed by atoms with van der Waals surface area (Å²) in [6.45, 7) is 24.6. The maximum absolute atomic E-state index is 5.56. The Balaban J connectivity index is -0.000000198. The van der Waals surface area contributed by atoms with Crippen LogP contribution in [0.5, 0.6) is 0 Å². The quantitative estimate of drug-likeness (QED) is 0.0813. The summed E-state index contributed by atoms with van der Waals surface area (Å²) >= 11 is 0. The fourth-order valence-corrected chi connectivity index (χ4v) is 6.35. The van der Waals surface area contributed by atoms with Crippen molar-refractivity contribution in [1.29, 1.82) is 0 Å². The molecule has 0 saturated heterocycles. The first kappa shape index (κ1) is 86.9. The van der Waals surface area contributed by atoms with Gasteiger partial charge in [0.1, 0.15) is 6.10 Å². The number of hydrogen-bond acceptors (Lipinski definition) is 10. The van der Waals surface area contributed by atoms with Crippen LogP contribution in [0.3, 0.4) is 0 Å². The predicted molar refractivity (Wildman–Crippen MR) is 369 cm³/mol. The van der Waals surface area contributed by atoms with E-state index in [1.807, 2.05) is 65.8 Å². The van der Waals surface area contributed by atoms with E-state index in [0.717, 1.165) is 65.0 Å². The summed E-state index contributed by atoms with van der Waals surface area (Å²) in [5, 5.41) is 2.62. The minimum absolute atomic E-state index is 0.109. The van der Waals surface area contributed by atoms with Crippen molar-refractivity contribution >= 4 is 10.8 Å². The number of aryl methyl sites for hydroxylation is 4. The number of nitrogens with two attached hydrogens (primary N) is 8. The smallest absolute Gasteiger partial charge is 0.108 e. The second-order valence-electron chi connectivity index (χ2n) is 16.4. The molecule has 0 bridgehead atoms.